The number of nitrogens with zero attached hydrogens (tertiary/aromatic N) is 1. The lowest BCUT2D eigenvalue weighted by atomic mass is 9.98. The smallest absolute Gasteiger partial charge is 0.408 e. The third-order valence-corrected chi connectivity index (χ3v) is 3.06. The van der Waals surface area contributed by atoms with Crippen LogP contribution < -0.4 is 0 Å². The molecule has 0 aromatic heterocycles. The molecule has 2 N–H and O–H groups in total. The van der Waals surface area contributed by atoms with Crippen LogP contribution in [-0.4, -0.2) is 45.5 Å². The highest BCUT2D eigenvalue weighted by Gasteiger charge is 2.39. The van der Waals surface area contributed by atoms with Crippen molar-refractivity contribution in [2.24, 2.45) is 5.92 Å². The summed E-state index contributed by atoms with van der Waals surface area (Å²) >= 11 is 0. The van der Waals surface area contributed by atoms with Gasteiger partial charge in [-0.15, -0.1) is 0 Å². The predicted octanol–water partition coefficient (Wildman–Crippen LogP) is 1.20. The van der Waals surface area contributed by atoms with Crippen LogP contribution in [-0.2, 0) is 9.59 Å². The van der Waals surface area contributed by atoms with Gasteiger partial charge in [-0.3, -0.25) is 4.90 Å². The van der Waals surface area contributed by atoms with Crippen molar-refractivity contribution in [3.63, 3.8) is 0 Å². The van der Waals surface area contributed by atoms with Gasteiger partial charge in [0.05, 0.1) is 0 Å². The van der Waals surface area contributed by atoms with Gasteiger partial charge in [0.2, 0.25) is 0 Å². The molecule has 0 aliphatic carbocycles. The number of rotatable bonds is 5. The van der Waals surface area contributed by atoms with Crippen LogP contribution in [0.2, 0.25) is 0 Å². The molecular formula is C11H17NO5. The number of likely N-dealkylation sites (tertiary alicyclic amines) is 1. The number of carbonyl (C=O) groups excluding carboxylic acids is 1. The van der Waals surface area contributed by atoms with E-state index in [1.54, 1.807) is 0 Å². The molecule has 0 spiro atoms. The number of ketones is 1. The highest BCUT2D eigenvalue weighted by Crippen LogP contribution is 2.27. The van der Waals surface area contributed by atoms with Gasteiger partial charge >= 0.3 is 12.1 Å². The third kappa shape index (κ3) is 3.72. The van der Waals surface area contributed by atoms with Crippen molar-refractivity contribution >= 4 is 17.8 Å². The molecule has 1 aliphatic rings. The number of amides is 1. The van der Waals surface area contributed by atoms with Crippen LogP contribution in [0.5, 0.6) is 0 Å². The number of hydrogen-bond donors (Lipinski definition) is 2. The molecule has 6 nitrogen and oxygen atoms in total. The second kappa shape index (κ2) is 5.65. The van der Waals surface area contributed by atoms with E-state index in [0.29, 0.717) is 25.7 Å². The lowest BCUT2D eigenvalue weighted by molar-refractivity contribution is -0.141. The van der Waals surface area contributed by atoms with Crippen molar-refractivity contribution in [1.82, 2.24) is 4.90 Å². The van der Waals surface area contributed by atoms with Gasteiger partial charge in [-0.05, 0) is 32.1 Å². The molecule has 1 heterocycles. The molecule has 0 bridgehead atoms. The highest BCUT2D eigenvalue weighted by molar-refractivity contribution is 5.80. The maximum Gasteiger partial charge on any atom is 0.408 e. The summed E-state index contributed by atoms with van der Waals surface area (Å²) in [5, 5.41) is 17.8. The van der Waals surface area contributed by atoms with E-state index in [1.807, 2.05) is 0 Å². The molecule has 0 radical (unpaired) electrons. The zero-order valence-electron chi connectivity index (χ0n) is 9.76. The normalized spacial score (nSPS) is 23.7. The fraction of sp³-hybridized carbons (Fsp3) is 0.727. The lowest BCUT2D eigenvalue weighted by Crippen LogP contribution is -2.39. The van der Waals surface area contributed by atoms with Gasteiger partial charge in [0.1, 0.15) is 11.8 Å². The summed E-state index contributed by atoms with van der Waals surface area (Å²) in [6.45, 7) is 1.77. The summed E-state index contributed by atoms with van der Waals surface area (Å²) in [5.41, 5.74) is 0. The van der Waals surface area contributed by atoms with E-state index in [4.69, 9.17) is 10.2 Å². The number of aliphatic carboxylic acids is 1. The van der Waals surface area contributed by atoms with Crippen LogP contribution in [0.4, 0.5) is 4.79 Å². The molecule has 1 amide bonds. The van der Waals surface area contributed by atoms with Crippen molar-refractivity contribution in [3.05, 3.63) is 0 Å². The summed E-state index contributed by atoms with van der Waals surface area (Å²) in [6, 6.07) is -0.935. The van der Waals surface area contributed by atoms with Gasteiger partial charge in [-0.1, -0.05) is 0 Å². The van der Waals surface area contributed by atoms with E-state index in [0.717, 1.165) is 4.90 Å². The van der Waals surface area contributed by atoms with Crippen LogP contribution in [0.25, 0.3) is 0 Å². The number of carboxylic acids is 1. The molecule has 1 fully saturated rings. The van der Waals surface area contributed by atoms with Crippen LogP contribution in [0.3, 0.4) is 0 Å². The Kier molecular flexibility index (Phi) is 4.48. The Hall–Kier alpha value is -1.59. The molecule has 1 rings (SSSR count). The monoisotopic (exact) mass is 243 g/mol. The number of carboxylic acid groups (broad SMARTS) is 2. The highest BCUT2D eigenvalue weighted by atomic mass is 16.4. The molecule has 0 aromatic carbocycles. The molecule has 17 heavy (non-hydrogen) atoms. The Morgan fingerprint density at radius 2 is 1.94 bits per heavy atom. The fourth-order valence-corrected chi connectivity index (χ4v) is 2.22. The van der Waals surface area contributed by atoms with Crippen molar-refractivity contribution < 1.29 is 24.6 Å². The summed E-state index contributed by atoms with van der Waals surface area (Å²) < 4.78 is 0. The average molecular weight is 243 g/mol. The Labute approximate surface area is 99.2 Å². The van der Waals surface area contributed by atoms with Crippen LogP contribution in [0.15, 0.2) is 0 Å². The van der Waals surface area contributed by atoms with Crippen LogP contribution in [0.1, 0.15) is 32.6 Å². The minimum absolute atomic E-state index is 0.0477. The quantitative estimate of drug-likeness (QED) is 0.756. The molecule has 1 saturated heterocycles. The largest absolute Gasteiger partial charge is 0.480 e. The second-order valence-corrected chi connectivity index (χ2v) is 4.48. The zero-order chi connectivity index (χ0) is 13.0. The minimum atomic E-state index is -1.19. The van der Waals surface area contributed by atoms with Gasteiger partial charge in [0.15, 0.2) is 0 Å². The van der Waals surface area contributed by atoms with Crippen molar-refractivity contribution in [2.45, 2.75) is 38.6 Å². The standard InChI is InChI=1S/C11H17NO5/c1-7(13)3-2-4-8-5-9(10(14)15)12(6-8)11(16)17/h8-9H,2-6H2,1H3,(H,14,15)(H,16,17). The Morgan fingerprint density at radius 3 is 2.35 bits per heavy atom. The first-order valence-electron chi connectivity index (χ1n) is 5.63. The fourth-order valence-electron chi connectivity index (χ4n) is 2.22. The number of Topliss-reactive ketones (excluding diaryl/α,β-unsaturated/α-hetero) is 1. The zero-order valence-corrected chi connectivity index (χ0v) is 9.76. The van der Waals surface area contributed by atoms with E-state index in [9.17, 15) is 14.4 Å². The average Bonchev–Trinajstić information content (AvgIpc) is 2.61. The van der Waals surface area contributed by atoms with Crippen molar-refractivity contribution in [2.75, 3.05) is 6.54 Å². The topological polar surface area (TPSA) is 94.9 Å². The minimum Gasteiger partial charge on any atom is -0.480 e. The van der Waals surface area contributed by atoms with Crippen molar-refractivity contribution in [3.8, 4) is 0 Å². The predicted molar refractivity (Wildman–Crippen MR) is 58.8 cm³/mol. The molecule has 1 aliphatic heterocycles. The van der Waals surface area contributed by atoms with E-state index in [-0.39, 0.29) is 18.2 Å². The summed E-state index contributed by atoms with van der Waals surface area (Å²) in [7, 11) is 0. The summed E-state index contributed by atoms with van der Waals surface area (Å²) in [4.78, 5) is 33.5. The molecule has 0 aromatic rings. The van der Waals surface area contributed by atoms with Crippen LogP contribution in [0, 0.1) is 5.92 Å². The van der Waals surface area contributed by atoms with E-state index < -0.39 is 18.1 Å². The summed E-state index contributed by atoms with van der Waals surface area (Å²) in [5.74, 6) is -0.944. The Bertz CT molecular complexity index is 306. The SMILES string of the molecule is CC(=O)CCCC1CC(C(=O)O)N(C(=O)O)C1. The Balaban J connectivity index is 2.48. The molecular weight excluding hydrogens is 226 g/mol. The number of hydrogen-bond acceptors (Lipinski definition) is 3. The molecule has 2 atom stereocenters. The lowest BCUT2D eigenvalue weighted by Gasteiger charge is -2.16. The first-order chi connectivity index (χ1) is 7.91. The molecule has 2 unspecified atom stereocenters. The van der Waals surface area contributed by atoms with Crippen LogP contribution >= 0.6 is 0 Å². The molecule has 0 saturated carbocycles. The Morgan fingerprint density at radius 1 is 1.29 bits per heavy atom. The first kappa shape index (κ1) is 13.5. The van der Waals surface area contributed by atoms with E-state index in [1.165, 1.54) is 6.92 Å². The van der Waals surface area contributed by atoms with Gasteiger partial charge in [0, 0.05) is 13.0 Å². The number of carbonyl (C=O) groups is 3. The van der Waals surface area contributed by atoms with E-state index in [2.05, 4.69) is 0 Å². The molecule has 96 valence electrons. The van der Waals surface area contributed by atoms with Gasteiger partial charge in [0.25, 0.3) is 0 Å². The third-order valence-electron chi connectivity index (χ3n) is 3.06. The van der Waals surface area contributed by atoms with Gasteiger partial charge < -0.3 is 15.0 Å². The van der Waals surface area contributed by atoms with Gasteiger partial charge in [-0.2, -0.15) is 0 Å². The maximum absolute atomic E-state index is 10.9. The first-order valence-corrected chi connectivity index (χ1v) is 5.63. The maximum atomic E-state index is 10.9. The molecule has 6 heteroatoms. The van der Waals surface area contributed by atoms with E-state index >= 15 is 0 Å². The second-order valence-electron chi connectivity index (χ2n) is 4.48. The van der Waals surface area contributed by atoms with Crippen molar-refractivity contribution in [1.29, 1.82) is 0 Å². The summed E-state index contributed by atoms with van der Waals surface area (Å²) in [6.07, 6.45) is 1.03. The van der Waals surface area contributed by atoms with Gasteiger partial charge in [-0.25, -0.2) is 9.59 Å².